The van der Waals surface area contributed by atoms with Crippen LogP contribution in [0, 0.1) is 10.1 Å². The Balaban J connectivity index is 1.63. The molecule has 1 N–H and O–H groups in total. The van der Waals surface area contributed by atoms with Gasteiger partial charge in [0.25, 0.3) is 5.91 Å². The van der Waals surface area contributed by atoms with Crippen molar-refractivity contribution in [3.63, 3.8) is 0 Å². The molecule has 0 unspecified atom stereocenters. The van der Waals surface area contributed by atoms with E-state index in [1.165, 1.54) is 11.6 Å². The molecule has 0 saturated heterocycles. The van der Waals surface area contributed by atoms with E-state index in [9.17, 15) is 14.9 Å². The van der Waals surface area contributed by atoms with Crippen molar-refractivity contribution in [3.05, 3.63) is 88.2 Å². The van der Waals surface area contributed by atoms with Gasteiger partial charge in [-0.1, -0.05) is 30.3 Å². The predicted molar refractivity (Wildman–Crippen MR) is 98.3 cm³/mol. The molecule has 7 nitrogen and oxygen atoms in total. The number of nitrogens with one attached hydrogen (secondary N) is 1. The van der Waals surface area contributed by atoms with Gasteiger partial charge in [0.05, 0.1) is 6.07 Å². The largest absolute Gasteiger partial charge is 0.433 e. The monoisotopic (exact) mass is 351 g/mol. The molecule has 0 bridgehead atoms. The molecular weight excluding hydrogens is 334 g/mol. The minimum Gasteiger partial charge on any atom is -0.395 e. The Morgan fingerprint density at radius 1 is 1.08 bits per heavy atom. The van der Waals surface area contributed by atoms with Crippen molar-refractivity contribution >= 4 is 23.2 Å². The number of furan rings is 1. The van der Waals surface area contributed by atoms with E-state index in [1.807, 2.05) is 37.4 Å². The smallest absolute Gasteiger partial charge is 0.395 e. The Bertz CT molecular complexity index is 904. The van der Waals surface area contributed by atoms with Crippen LogP contribution in [0.3, 0.4) is 0 Å². The van der Waals surface area contributed by atoms with Crippen molar-refractivity contribution in [1.82, 2.24) is 0 Å². The Labute approximate surface area is 150 Å². The molecule has 0 spiro atoms. The highest BCUT2D eigenvalue weighted by molar-refractivity contribution is 6.02. The maximum Gasteiger partial charge on any atom is 0.433 e. The third-order valence-corrected chi connectivity index (χ3v) is 3.82. The Hall–Kier alpha value is -3.61. The lowest BCUT2D eigenvalue weighted by Gasteiger charge is -2.19. The summed E-state index contributed by atoms with van der Waals surface area (Å²) in [6.07, 6.45) is 0. The highest BCUT2D eigenvalue weighted by atomic mass is 16.6. The molecule has 0 aliphatic rings. The molecule has 1 heterocycles. The summed E-state index contributed by atoms with van der Waals surface area (Å²) in [6.45, 7) is 0.766. The van der Waals surface area contributed by atoms with Gasteiger partial charge in [0.2, 0.25) is 0 Å². The summed E-state index contributed by atoms with van der Waals surface area (Å²) in [5, 5.41) is 13.3. The molecule has 0 atom stereocenters. The molecule has 0 radical (unpaired) electrons. The van der Waals surface area contributed by atoms with E-state index in [0.717, 1.165) is 18.3 Å². The van der Waals surface area contributed by atoms with Crippen LogP contribution in [0.2, 0.25) is 0 Å². The van der Waals surface area contributed by atoms with E-state index in [4.69, 9.17) is 4.42 Å². The molecule has 1 amide bonds. The van der Waals surface area contributed by atoms with E-state index >= 15 is 0 Å². The lowest BCUT2D eigenvalue weighted by molar-refractivity contribution is -0.402. The van der Waals surface area contributed by atoms with Gasteiger partial charge in [-0.15, -0.1) is 0 Å². The number of nitro groups is 1. The highest BCUT2D eigenvalue weighted by Gasteiger charge is 2.17. The minimum atomic E-state index is -0.686. The average molecular weight is 351 g/mol. The van der Waals surface area contributed by atoms with Crippen LogP contribution in [0.5, 0.6) is 0 Å². The van der Waals surface area contributed by atoms with Crippen LogP contribution in [0.4, 0.5) is 17.3 Å². The second-order valence-corrected chi connectivity index (χ2v) is 5.74. The first kappa shape index (κ1) is 17.2. The first-order valence-corrected chi connectivity index (χ1v) is 7.93. The number of anilines is 2. The van der Waals surface area contributed by atoms with Crippen LogP contribution in [0.15, 0.2) is 71.1 Å². The number of amides is 1. The summed E-state index contributed by atoms with van der Waals surface area (Å²) in [5.41, 5.74) is 2.78. The molecule has 7 heteroatoms. The van der Waals surface area contributed by atoms with E-state index in [-0.39, 0.29) is 5.76 Å². The maximum absolute atomic E-state index is 12.1. The van der Waals surface area contributed by atoms with Gasteiger partial charge in [0.1, 0.15) is 4.92 Å². The fourth-order valence-electron chi connectivity index (χ4n) is 2.49. The van der Waals surface area contributed by atoms with Crippen LogP contribution < -0.4 is 10.2 Å². The van der Waals surface area contributed by atoms with Crippen molar-refractivity contribution in [1.29, 1.82) is 0 Å². The van der Waals surface area contributed by atoms with Crippen molar-refractivity contribution in [2.24, 2.45) is 0 Å². The second kappa shape index (κ2) is 7.52. The normalized spacial score (nSPS) is 10.3. The molecular formula is C19H17N3O4. The zero-order valence-electron chi connectivity index (χ0n) is 14.1. The number of hydrogen-bond acceptors (Lipinski definition) is 5. The summed E-state index contributed by atoms with van der Waals surface area (Å²) in [5.74, 6) is -1.11. The van der Waals surface area contributed by atoms with Crippen molar-refractivity contribution in [2.45, 2.75) is 6.54 Å². The Morgan fingerprint density at radius 3 is 2.38 bits per heavy atom. The Kier molecular flexibility index (Phi) is 4.98. The van der Waals surface area contributed by atoms with E-state index in [2.05, 4.69) is 22.3 Å². The van der Waals surface area contributed by atoms with Crippen LogP contribution in [-0.4, -0.2) is 17.9 Å². The highest BCUT2D eigenvalue weighted by Crippen LogP contribution is 2.21. The quantitative estimate of drug-likeness (QED) is 0.534. The molecule has 0 fully saturated rings. The minimum absolute atomic E-state index is 0.109. The molecule has 3 rings (SSSR count). The van der Waals surface area contributed by atoms with E-state index in [1.54, 1.807) is 12.1 Å². The van der Waals surface area contributed by atoms with Crippen LogP contribution in [0.25, 0.3) is 0 Å². The fourth-order valence-corrected chi connectivity index (χ4v) is 2.49. The molecule has 2 aromatic carbocycles. The summed E-state index contributed by atoms with van der Waals surface area (Å²) < 4.78 is 4.89. The van der Waals surface area contributed by atoms with Gasteiger partial charge in [-0.25, -0.2) is 0 Å². The summed E-state index contributed by atoms with van der Waals surface area (Å²) in [7, 11) is 1.99. The summed E-state index contributed by atoms with van der Waals surface area (Å²) >= 11 is 0. The standard InChI is InChI=1S/C19H17N3O4/c1-21(13-14-5-3-2-4-6-14)16-9-7-15(8-10-16)20-19(23)17-11-12-18(26-17)22(24)25/h2-12H,13H2,1H3,(H,20,23). The van der Waals surface area contributed by atoms with E-state index < -0.39 is 16.7 Å². The molecule has 26 heavy (non-hydrogen) atoms. The maximum atomic E-state index is 12.1. The third-order valence-electron chi connectivity index (χ3n) is 3.82. The van der Waals surface area contributed by atoms with Gasteiger partial charge in [-0.2, -0.15) is 0 Å². The lowest BCUT2D eigenvalue weighted by atomic mass is 10.2. The molecule has 0 saturated carbocycles. The van der Waals surface area contributed by atoms with Crippen molar-refractivity contribution < 1.29 is 14.1 Å². The number of benzene rings is 2. The zero-order valence-corrected chi connectivity index (χ0v) is 14.1. The number of nitrogens with zero attached hydrogens (tertiary/aromatic N) is 2. The number of carbonyl (C=O) groups excluding carboxylic acids is 1. The van der Waals surface area contributed by atoms with Gasteiger partial charge >= 0.3 is 5.88 Å². The van der Waals surface area contributed by atoms with Crippen molar-refractivity contribution in [3.8, 4) is 0 Å². The zero-order chi connectivity index (χ0) is 18.5. The van der Waals surface area contributed by atoms with Crippen LogP contribution >= 0.6 is 0 Å². The van der Waals surface area contributed by atoms with Gasteiger partial charge in [-0.05, 0) is 35.9 Å². The molecule has 0 aliphatic carbocycles. The van der Waals surface area contributed by atoms with Gasteiger partial charge in [-0.3, -0.25) is 14.9 Å². The molecule has 3 aromatic rings. The lowest BCUT2D eigenvalue weighted by Crippen LogP contribution is -2.16. The van der Waals surface area contributed by atoms with Crippen LogP contribution in [0.1, 0.15) is 16.1 Å². The number of carbonyl (C=O) groups is 1. The first-order chi connectivity index (χ1) is 12.5. The first-order valence-electron chi connectivity index (χ1n) is 7.93. The summed E-state index contributed by atoms with van der Waals surface area (Å²) in [4.78, 5) is 24.1. The SMILES string of the molecule is CN(Cc1ccccc1)c1ccc(NC(=O)c2ccc([N+](=O)[O-])o2)cc1. The fraction of sp³-hybridized carbons (Fsp3) is 0.105. The average Bonchev–Trinajstić information content (AvgIpc) is 3.14. The molecule has 132 valence electrons. The third kappa shape index (κ3) is 4.07. The van der Waals surface area contributed by atoms with Gasteiger partial charge in [0, 0.05) is 25.0 Å². The van der Waals surface area contributed by atoms with Gasteiger partial charge < -0.3 is 14.6 Å². The van der Waals surface area contributed by atoms with Crippen LogP contribution in [-0.2, 0) is 6.54 Å². The second-order valence-electron chi connectivity index (χ2n) is 5.74. The topological polar surface area (TPSA) is 88.6 Å². The van der Waals surface area contributed by atoms with Crippen molar-refractivity contribution in [2.75, 3.05) is 17.3 Å². The Morgan fingerprint density at radius 2 is 1.77 bits per heavy atom. The number of hydrogen-bond donors (Lipinski definition) is 1. The molecule has 0 aliphatic heterocycles. The van der Waals surface area contributed by atoms with Gasteiger partial charge in [0.15, 0.2) is 5.76 Å². The number of rotatable bonds is 6. The predicted octanol–water partition coefficient (Wildman–Crippen LogP) is 4.08. The summed E-state index contributed by atoms with van der Waals surface area (Å²) in [6, 6.07) is 19.9. The molecule has 1 aromatic heterocycles. The van der Waals surface area contributed by atoms with E-state index in [0.29, 0.717) is 5.69 Å².